The van der Waals surface area contributed by atoms with Crippen molar-refractivity contribution in [1.29, 1.82) is 0 Å². The van der Waals surface area contributed by atoms with Gasteiger partial charge >= 0.3 is 5.97 Å². The van der Waals surface area contributed by atoms with Gasteiger partial charge in [-0.3, -0.25) is 0 Å². The van der Waals surface area contributed by atoms with E-state index in [4.69, 9.17) is 10.8 Å². The number of carboxylic acids is 1. The van der Waals surface area contributed by atoms with Crippen molar-refractivity contribution in [3.63, 3.8) is 0 Å². The van der Waals surface area contributed by atoms with Gasteiger partial charge in [0.05, 0.1) is 5.56 Å². The maximum atomic E-state index is 10.8. The van der Waals surface area contributed by atoms with E-state index in [9.17, 15) is 4.79 Å². The molecule has 0 spiro atoms. The summed E-state index contributed by atoms with van der Waals surface area (Å²) in [4.78, 5) is 11.6. The molecule has 70 valence electrons. The molecule has 0 atom stereocenters. The standard InChI is InChI=1S/C9H11NO2S/c1-13-8-3-2-6(5-10)4-7(8)9(11)12/h2-4H,5,10H2,1H3,(H,11,12). The van der Waals surface area contributed by atoms with Crippen LogP contribution in [0, 0.1) is 0 Å². The van der Waals surface area contributed by atoms with E-state index >= 15 is 0 Å². The summed E-state index contributed by atoms with van der Waals surface area (Å²) in [5, 5.41) is 8.86. The summed E-state index contributed by atoms with van der Waals surface area (Å²) >= 11 is 1.42. The Bertz CT molecular complexity index is 325. The first kappa shape index (κ1) is 10.1. The van der Waals surface area contributed by atoms with Crippen LogP contribution < -0.4 is 5.73 Å². The molecule has 0 amide bonds. The number of rotatable bonds is 3. The first-order chi connectivity index (χ1) is 6.19. The number of nitrogens with two attached hydrogens (primary N) is 1. The molecule has 1 rings (SSSR count). The van der Waals surface area contributed by atoms with E-state index in [1.165, 1.54) is 11.8 Å². The van der Waals surface area contributed by atoms with Gasteiger partial charge in [0.2, 0.25) is 0 Å². The molecule has 1 aromatic rings. The second-order valence-corrected chi connectivity index (χ2v) is 3.39. The predicted octanol–water partition coefficient (Wildman–Crippen LogP) is 1.57. The maximum absolute atomic E-state index is 10.8. The van der Waals surface area contributed by atoms with Gasteiger partial charge in [-0.2, -0.15) is 0 Å². The van der Waals surface area contributed by atoms with Gasteiger partial charge in [0.15, 0.2) is 0 Å². The minimum Gasteiger partial charge on any atom is -0.478 e. The number of aromatic carboxylic acids is 1. The first-order valence-electron chi connectivity index (χ1n) is 3.79. The summed E-state index contributed by atoms with van der Waals surface area (Å²) in [6.45, 7) is 0.370. The van der Waals surface area contributed by atoms with E-state index in [1.807, 2.05) is 12.3 Å². The fraction of sp³-hybridized carbons (Fsp3) is 0.222. The first-order valence-corrected chi connectivity index (χ1v) is 5.01. The molecule has 13 heavy (non-hydrogen) atoms. The van der Waals surface area contributed by atoms with Crippen LogP contribution in [0.2, 0.25) is 0 Å². The minimum atomic E-state index is -0.903. The SMILES string of the molecule is CSc1ccc(CN)cc1C(=O)O. The van der Waals surface area contributed by atoms with Gasteiger partial charge in [-0.1, -0.05) is 6.07 Å². The molecule has 0 aliphatic heterocycles. The van der Waals surface area contributed by atoms with E-state index < -0.39 is 5.97 Å². The normalized spacial score (nSPS) is 10.0. The topological polar surface area (TPSA) is 63.3 Å². The summed E-state index contributed by atoms with van der Waals surface area (Å²) < 4.78 is 0. The van der Waals surface area contributed by atoms with Crippen LogP contribution in [0.5, 0.6) is 0 Å². The number of hydrogen-bond acceptors (Lipinski definition) is 3. The number of thioether (sulfide) groups is 1. The lowest BCUT2D eigenvalue weighted by atomic mass is 10.1. The average molecular weight is 197 g/mol. The molecule has 0 aromatic heterocycles. The smallest absolute Gasteiger partial charge is 0.336 e. The highest BCUT2D eigenvalue weighted by molar-refractivity contribution is 7.98. The third-order valence-corrected chi connectivity index (χ3v) is 2.53. The molecule has 0 unspecified atom stereocenters. The number of hydrogen-bond donors (Lipinski definition) is 2. The molecule has 0 aliphatic carbocycles. The van der Waals surface area contributed by atoms with E-state index in [-0.39, 0.29) is 0 Å². The van der Waals surface area contributed by atoms with Crippen LogP contribution in [-0.2, 0) is 6.54 Å². The Morgan fingerprint density at radius 2 is 2.31 bits per heavy atom. The highest BCUT2D eigenvalue weighted by atomic mass is 32.2. The molecular formula is C9H11NO2S. The molecule has 0 radical (unpaired) electrons. The van der Waals surface area contributed by atoms with E-state index in [0.717, 1.165) is 10.5 Å². The highest BCUT2D eigenvalue weighted by Crippen LogP contribution is 2.21. The Kier molecular flexibility index (Phi) is 3.33. The van der Waals surface area contributed by atoms with Crippen molar-refractivity contribution in [2.45, 2.75) is 11.4 Å². The van der Waals surface area contributed by atoms with Crippen LogP contribution in [0.25, 0.3) is 0 Å². The zero-order valence-corrected chi connectivity index (χ0v) is 8.10. The van der Waals surface area contributed by atoms with Gasteiger partial charge < -0.3 is 10.8 Å². The monoisotopic (exact) mass is 197 g/mol. The lowest BCUT2D eigenvalue weighted by molar-refractivity contribution is 0.0693. The molecule has 0 aliphatic rings. The Hall–Kier alpha value is -1.00. The molecule has 0 heterocycles. The highest BCUT2D eigenvalue weighted by Gasteiger charge is 2.09. The summed E-state index contributed by atoms with van der Waals surface area (Å²) in [7, 11) is 0. The molecule has 3 N–H and O–H groups in total. The van der Waals surface area contributed by atoms with E-state index in [2.05, 4.69) is 0 Å². The van der Waals surface area contributed by atoms with Gasteiger partial charge in [-0.15, -0.1) is 11.8 Å². The summed E-state index contributed by atoms with van der Waals surface area (Å²) in [6.07, 6.45) is 1.85. The molecule has 0 saturated carbocycles. The maximum Gasteiger partial charge on any atom is 0.336 e. The van der Waals surface area contributed by atoms with Gasteiger partial charge in [-0.05, 0) is 24.0 Å². The molecule has 4 heteroatoms. The van der Waals surface area contributed by atoms with Crippen molar-refractivity contribution >= 4 is 17.7 Å². The Labute approximate surface area is 80.9 Å². The molecule has 0 saturated heterocycles. The second kappa shape index (κ2) is 4.30. The summed E-state index contributed by atoms with van der Waals surface area (Å²) in [5.41, 5.74) is 6.58. The number of carbonyl (C=O) groups is 1. The quantitative estimate of drug-likeness (QED) is 0.722. The number of benzene rings is 1. The Morgan fingerprint density at radius 3 is 2.77 bits per heavy atom. The van der Waals surface area contributed by atoms with E-state index in [1.54, 1.807) is 12.1 Å². The molecule has 0 bridgehead atoms. The van der Waals surface area contributed by atoms with Crippen molar-refractivity contribution in [3.05, 3.63) is 29.3 Å². The van der Waals surface area contributed by atoms with Crippen molar-refractivity contribution in [2.24, 2.45) is 5.73 Å². The van der Waals surface area contributed by atoms with Crippen molar-refractivity contribution in [3.8, 4) is 0 Å². The minimum absolute atomic E-state index is 0.329. The summed E-state index contributed by atoms with van der Waals surface area (Å²) in [5.74, 6) is -0.903. The lowest BCUT2D eigenvalue weighted by Crippen LogP contribution is -2.03. The van der Waals surface area contributed by atoms with Gasteiger partial charge in [-0.25, -0.2) is 4.79 Å². The second-order valence-electron chi connectivity index (χ2n) is 2.54. The Balaban J connectivity index is 3.18. The third kappa shape index (κ3) is 2.23. The largest absolute Gasteiger partial charge is 0.478 e. The van der Waals surface area contributed by atoms with Gasteiger partial charge in [0.25, 0.3) is 0 Å². The van der Waals surface area contributed by atoms with Crippen LogP contribution in [0.1, 0.15) is 15.9 Å². The predicted molar refractivity (Wildman–Crippen MR) is 53.1 cm³/mol. The van der Waals surface area contributed by atoms with Crippen molar-refractivity contribution in [1.82, 2.24) is 0 Å². The zero-order chi connectivity index (χ0) is 9.84. The third-order valence-electron chi connectivity index (χ3n) is 1.73. The van der Waals surface area contributed by atoms with Crippen LogP contribution in [0.3, 0.4) is 0 Å². The van der Waals surface area contributed by atoms with Crippen LogP contribution in [-0.4, -0.2) is 17.3 Å². The van der Waals surface area contributed by atoms with Crippen molar-refractivity contribution in [2.75, 3.05) is 6.26 Å². The summed E-state index contributed by atoms with van der Waals surface area (Å²) in [6, 6.07) is 5.25. The average Bonchev–Trinajstić information content (AvgIpc) is 2.16. The lowest BCUT2D eigenvalue weighted by Gasteiger charge is -2.04. The van der Waals surface area contributed by atoms with Crippen LogP contribution in [0.15, 0.2) is 23.1 Å². The fourth-order valence-corrected chi connectivity index (χ4v) is 1.62. The zero-order valence-electron chi connectivity index (χ0n) is 7.28. The molecule has 0 fully saturated rings. The van der Waals surface area contributed by atoms with Crippen LogP contribution in [0.4, 0.5) is 0 Å². The Morgan fingerprint density at radius 1 is 1.62 bits per heavy atom. The molecule has 1 aromatic carbocycles. The van der Waals surface area contributed by atoms with E-state index in [0.29, 0.717) is 12.1 Å². The number of carboxylic acid groups (broad SMARTS) is 1. The van der Waals surface area contributed by atoms with Crippen LogP contribution >= 0.6 is 11.8 Å². The molecule has 3 nitrogen and oxygen atoms in total. The van der Waals surface area contributed by atoms with Crippen molar-refractivity contribution < 1.29 is 9.90 Å². The van der Waals surface area contributed by atoms with Gasteiger partial charge in [0.1, 0.15) is 0 Å². The molecular weight excluding hydrogens is 186 g/mol. The van der Waals surface area contributed by atoms with Gasteiger partial charge in [0, 0.05) is 11.4 Å². The fourth-order valence-electron chi connectivity index (χ4n) is 1.05.